The molecule has 0 heterocycles. The van der Waals surface area contributed by atoms with Crippen LogP contribution in [0.15, 0.2) is 30.3 Å². The standard InChI is InChI=1S/C9H13N2O4P/c10-9(12)11-8(6-16(13,14)15)7-4-2-1-3-5-7/h1-5,8H,6H2,(H3,10,11,12)(H2,13,14,15). The molecule has 0 spiro atoms. The summed E-state index contributed by atoms with van der Waals surface area (Å²) in [5, 5.41) is 2.30. The molecule has 1 aromatic carbocycles. The van der Waals surface area contributed by atoms with Gasteiger partial charge < -0.3 is 20.8 Å². The molecule has 0 aliphatic carbocycles. The zero-order valence-electron chi connectivity index (χ0n) is 8.41. The Hall–Kier alpha value is -1.36. The fourth-order valence-corrected chi connectivity index (χ4v) is 2.11. The molecule has 6 nitrogen and oxygen atoms in total. The van der Waals surface area contributed by atoms with Crippen LogP contribution in [0, 0.1) is 0 Å². The van der Waals surface area contributed by atoms with Crippen molar-refractivity contribution in [3.05, 3.63) is 35.9 Å². The summed E-state index contributed by atoms with van der Waals surface area (Å²) in [6, 6.07) is 6.92. The first-order valence-electron chi connectivity index (χ1n) is 4.54. The Morgan fingerprint density at radius 3 is 2.38 bits per heavy atom. The molecular weight excluding hydrogens is 231 g/mol. The van der Waals surface area contributed by atoms with Crippen molar-refractivity contribution in [2.24, 2.45) is 5.73 Å². The molecular formula is C9H13N2O4P. The Morgan fingerprint density at radius 1 is 1.38 bits per heavy atom. The monoisotopic (exact) mass is 244 g/mol. The van der Waals surface area contributed by atoms with Crippen molar-refractivity contribution >= 4 is 13.6 Å². The third kappa shape index (κ3) is 4.44. The number of nitrogens with two attached hydrogens (primary N) is 1. The fourth-order valence-electron chi connectivity index (χ4n) is 1.33. The zero-order valence-corrected chi connectivity index (χ0v) is 9.30. The summed E-state index contributed by atoms with van der Waals surface area (Å²) in [7, 11) is -4.21. The van der Waals surface area contributed by atoms with E-state index in [9.17, 15) is 9.36 Å². The van der Waals surface area contributed by atoms with E-state index >= 15 is 0 Å². The Bertz CT molecular complexity index is 403. The first-order valence-corrected chi connectivity index (χ1v) is 6.34. The van der Waals surface area contributed by atoms with Crippen LogP contribution in [0.4, 0.5) is 4.79 Å². The van der Waals surface area contributed by atoms with E-state index in [2.05, 4.69) is 5.32 Å². The predicted molar refractivity (Wildman–Crippen MR) is 58.8 cm³/mol. The highest BCUT2D eigenvalue weighted by molar-refractivity contribution is 7.51. The Balaban J connectivity index is 2.88. The number of rotatable bonds is 4. The van der Waals surface area contributed by atoms with E-state index in [4.69, 9.17) is 15.5 Å². The Morgan fingerprint density at radius 2 is 1.94 bits per heavy atom. The molecule has 1 unspecified atom stereocenters. The van der Waals surface area contributed by atoms with E-state index in [1.54, 1.807) is 30.3 Å². The second-order valence-corrected chi connectivity index (χ2v) is 5.01. The first-order chi connectivity index (χ1) is 7.38. The SMILES string of the molecule is NC(=O)NC(CP(=O)(O)O)c1ccccc1. The minimum absolute atomic E-state index is 0.472. The Kier molecular flexibility index (Phi) is 4.06. The number of hydrogen-bond donors (Lipinski definition) is 4. The average molecular weight is 244 g/mol. The summed E-state index contributed by atoms with van der Waals surface area (Å²) >= 11 is 0. The second-order valence-electron chi connectivity index (χ2n) is 3.32. The number of carbonyl (C=O) groups excluding carboxylic acids is 1. The van der Waals surface area contributed by atoms with E-state index in [-0.39, 0.29) is 0 Å². The van der Waals surface area contributed by atoms with Crippen molar-refractivity contribution in [3.63, 3.8) is 0 Å². The van der Waals surface area contributed by atoms with Crippen LogP contribution in [-0.2, 0) is 4.57 Å². The summed E-state index contributed by atoms with van der Waals surface area (Å²) in [5.41, 5.74) is 5.55. The van der Waals surface area contributed by atoms with Gasteiger partial charge in [-0.05, 0) is 5.56 Å². The molecule has 0 bridgehead atoms. The zero-order chi connectivity index (χ0) is 12.2. The van der Waals surface area contributed by atoms with Gasteiger partial charge in [0.1, 0.15) is 0 Å². The van der Waals surface area contributed by atoms with Gasteiger partial charge >= 0.3 is 13.6 Å². The lowest BCUT2D eigenvalue weighted by Gasteiger charge is -2.18. The van der Waals surface area contributed by atoms with Crippen molar-refractivity contribution in [1.82, 2.24) is 5.32 Å². The predicted octanol–water partition coefficient (Wildman–Crippen LogP) is 0.574. The summed E-state index contributed by atoms with van der Waals surface area (Å²) in [6.07, 6.45) is -0.472. The molecule has 0 aromatic heterocycles. The van der Waals surface area contributed by atoms with Gasteiger partial charge in [0.15, 0.2) is 0 Å². The molecule has 1 atom stereocenters. The number of carbonyl (C=O) groups is 1. The molecule has 1 aromatic rings. The van der Waals surface area contributed by atoms with Crippen LogP contribution in [0.25, 0.3) is 0 Å². The van der Waals surface area contributed by atoms with Crippen molar-refractivity contribution in [1.29, 1.82) is 0 Å². The highest BCUT2D eigenvalue weighted by Crippen LogP contribution is 2.38. The number of benzene rings is 1. The van der Waals surface area contributed by atoms with Crippen LogP contribution in [0.3, 0.4) is 0 Å². The van der Waals surface area contributed by atoms with E-state index in [0.29, 0.717) is 5.56 Å². The molecule has 5 N–H and O–H groups in total. The number of hydrogen-bond acceptors (Lipinski definition) is 2. The lowest BCUT2D eigenvalue weighted by molar-refractivity contribution is 0.246. The van der Waals surface area contributed by atoms with E-state index < -0.39 is 25.8 Å². The van der Waals surface area contributed by atoms with Crippen LogP contribution in [0.5, 0.6) is 0 Å². The van der Waals surface area contributed by atoms with Crippen molar-refractivity contribution < 1.29 is 19.1 Å². The third-order valence-corrected chi connectivity index (χ3v) is 2.78. The van der Waals surface area contributed by atoms with Gasteiger partial charge in [0.05, 0.1) is 12.2 Å². The van der Waals surface area contributed by atoms with Gasteiger partial charge in [-0.3, -0.25) is 4.57 Å². The van der Waals surface area contributed by atoms with Gasteiger partial charge in [-0.2, -0.15) is 0 Å². The summed E-state index contributed by atoms with van der Waals surface area (Å²) in [6.45, 7) is 0. The molecule has 0 aliphatic heterocycles. The minimum Gasteiger partial charge on any atom is -0.352 e. The molecule has 88 valence electrons. The van der Waals surface area contributed by atoms with Crippen LogP contribution < -0.4 is 11.1 Å². The maximum Gasteiger partial charge on any atom is 0.327 e. The fraction of sp³-hybridized carbons (Fsp3) is 0.222. The number of nitrogens with one attached hydrogen (secondary N) is 1. The van der Waals surface area contributed by atoms with Gasteiger partial charge in [0, 0.05) is 0 Å². The van der Waals surface area contributed by atoms with Gasteiger partial charge in [-0.15, -0.1) is 0 Å². The van der Waals surface area contributed by atoms with E-state index in [1.807, 2.05) is 0 Å². The molecule has 0 aliphatic rings. The lowest BCUT2D eigenvalue weighted by atomic mass is 10.1. The number of urea groups is 1. The molecule has 0 radical (unpaired) electrons. The normalized spacial score (nSPS) is 13.1. The molecule has 16 heavy (non-hydrogen) atoms. The molecule has 1 rings (SSSR count). The molecule has 0 saturated carbocycles. The molecule has 0 fully saturated rings. The average Bonchev–Trinajstić information content (AvgIpc) is 2.15. The first kappa shape index (κ1) is 12.7. The molecule has 0 saturated heterocycles. The summed E-state index contributed by atoms with van der Waals surface area (Å²) in [5.74, 6) is 0. The van der Waals surface area contributed by atoms with E-state index in [1.165, 1.54) is 0 Å². The van der Waals surface area contributed by atoms with Gasteiger partial charge in [-0.25, -0.2) is 4.79 Å². The summed E-state index contributed by atoms with van der Waals surface area (Å²) < 4.78 is 10.9. The maximum atomic E-state index is 10.9. The van der Waals surface area contributed by atoms with Crippen molar-refractivity contribution in [2.45, 2.75) is 6.04 Å². The Labute approximate surface area is 92.6 Å². The molecule has 7 heteroatoms. The van der Waals surface area contributed by atoms with Crippen LogP contribution in [0.2, 0.25) is 0 Å². The third-order valence-electron chi connectivity index (χ3n) is 1.94. The van der Waals surface area contributed by atoms with Crippen LogP contribution in [-0.4, -0.2) is 22.0 Å². The number of primary amides is 1. The highest BCUT2D eigenvalue weighted by Gasteiger charge is 2.23. The van der Waals surface area contributed by atoms with Crippen LogP contribution >= 0.6 is 7.60 Å². The second kappa shape index (κ2) is 5.12. The van der Waals surface area contributed by atoms with Gasteiger partial charge in [-0.1, -0.05) is 30.3 Å². The smallest absolute Gasteiger partial charge is 0.327 e. The summed E-state index contributed by atoms with van der Waals surface area (Å²) in [4.78, 5) is 28.5. The molecule has 2 amide bonds. The number of amides is 2. The highest BCUT2D eigenvalue weighted by atomic mass is 31.2. The lowest BCUT2D eigenvalue weighted by Crippen LogP contribution is -2.34. The van der Waals surface area contributed by atoms with Gasteiger partial charge in [0.2, 0.25) is 0 Å². The largest absolute Gasteiger partial charge is 0.352 e. The quantitative estimate of drug-likeness (QED) is 0.580. The van der Waals surface area contributed by atoms with Gasteiger partial charge in [0.25, 0.3) is 0 Å². The van der Waals surface area contributed by atoms with Crippen molar-refractivity contribution in [3.8, 4) is 0 Å². The maximum absolute atomic E-state index is 10.9. The van der Waals surface area contributed by atoms with E-state index in [0.717, 1.165) is 0 Å². The van der Waals surface area contributed by atoms with Crippen LogP contribution in [0.1, 0.15) is 11.6 Å². The van der Waals surface area contributed by atoms with Crippen molar-refractivity contribution in [2.75, 3.05) is 6.16 Å². The minimum atomic E-state index is -4.21. The topological polar surface area (TPSA) is 113 Å².